The van der Waals surface area contributed by atoms with Crippen LogP contribution in [0.5, 0.6) is 0 Å². The predicted molar refractivity (Wildman–Crippen MR) is 88.3 cm³/mol. The lowest BCUT2D eigenvalue weighted by atomic mass is 9.88. The fourth-order valence-corrected chi connectivity index (χ4v) is 2.99. The van der Waals surface area contributed by atoms with E-state index in [1.54, 1.807) is 22.8 Å². The molecule has 0 aromatic carbocycles. The Morgan fingerprint density at radius 2 is 2.00 bits per heavy atom. The molecule has 9 heteroatoms. The Hall–Kier alpha value is -2.71. The second-order valence-electron chi connectivity index (χ2n) is 6.36. The topological polar surface area (TPSA) is 117 Å². The van der Waals surface area contributed by atoms with Gasteiger partial charge < -0.3 is 15.5 Å². The van der Waals surface area contributed by atoms with Gasteiger partial charge in [0, 0.05) is 32.9 Å². The van der Waals surface area contributed by atoms with E-state index in [0.717, 1.165) is 0 Å². The average Bonchev–Trinajstić information content (AvgIpc) is 2.83. The number of anilines is 1. The molecular weight excluding hydrogens is 310 g/mol. The van der Waals surface area contributed by atoms with Gasteiger partial charge in [-0.1, -0.05) is 0 Å². The molecule has 24 heavy (non-hydrogen) atoms. The highest BCUT2D eigenvalue weighted by Crippen LogP contribution is 2.30. The average molecular weight is 331 g/mol. The number of aromatic nitrogens is 2. The summed E-state index contributed by atoms with van der Waals surface area (Å²) in [5.74, 6) is 0.360. The van der Waals surface area contributed by atoms with E-state index in [2.05, 4.69) is 20.3 Å². The zero-order chi connectivity index (χ0) is 17.5. The van der Waals surface area contributed by atoms with Gasteiger partial charge in [0.1, 0.15) is 11.2 Å². The van der Waals surface area contributed by atoms with E-state index >= 15 is 0 Å². The summed E-state index contributed by atoms with van der Waals surface area (Å²) in [6.07, 6.45) is 0.975. The van der Waals surface area contributed by atoms with Crippen molar-refractivity contribution >= 4 is 23.7 Å². The molecule has 1 aromatic heterocycles. The molecule has 3 rings (SSSR count). The number of amides is 2. The van der Waals surface area contributed by atoms with Crippen molar-refractivity contribution in [2.45, 2.75) is 25.3 Å². The SMILES string of the molecule is Cc1cc(C(=O)N2CCC3(CC2)N=C(N(C)C)NC3=O)nc(N)n1. The van der Waals surface area contributed by atoms with Crippen LogP contribution in [0.4, 0.5) is 5.95 Å². The van der Waals surface area contributed by atoms with E-state index in [4.69, 9.17) is 5.73 Å². The third-order valence-corrected chi connectivity index (χ3v) is 4.36. The molecule has 0 aliphatic carbocycles. The molecule has 3 heterocycles. The molecular formula is C15H21N7O2. The van der Waals surface area contributed by atoms with Crippen molar-refractivity contribution in [3.05, 3.63) is 17.5 Å². The highest BCUT2D eigenvalue weighted by molar-refractivity contribution is 6.07. The Kier molecular flexibility index (Phi) is 3.86. The monoisotopic (exact) mass is 331 g/mol. The first-order chi connectivity index (χ1) is 11.3. The zero-order valence-corrected chi connectivity index (χ0v) is 14.0. The highest BCUT2D eigenvalue weighted by Gasteiger charge is 2.47. The molecule has 2 aliphatic rings. The number of nitrogen functional groups attached to an aromatic ring is 1. The Morgan fingerprint density at radius 1 is 1.33 bits per heavy atom. The largest absolute Gasteiger partial charge is 0.368 e. The van der Waals surface area contributed by atoms with Crippen molar-refractivity contribution in [2.75, 3.05) is 32.9 Å². The zero-order valence-electron chi connectivity index (χ0n) is 14.0. The highest BCUT2D eigenvalue weighted by atomic mass is 16.2. The third-order valence-electron chi connectivity index (χ3n) is 4.36. The smallest absolute Gasteiger partial charge is 0.272 e. The number of nitrogens with two attached hydrogens (primary N) is 1. The van der Waals surface area contributed by atoms with Crippen molar-refractivity contribution in [2.24, 2.45) is 4.99 Å². The molecule has 0 unspecified atom stereocenters. The lowest BCUT2D eigenvalue weighted by molar-refractivity contribution is -0.125. The van der Waals surface area contributed by atoms with Crippen LogP contribution < -0.4 is 11.1 Å². The quantitative estimate of drug-likeness (QED) is 0.709. The van der Waals surface area contributed by atoms with E-state index < -0.39 is 5.54 Å². The van der Waals surface area contributed by atoms with Crippen LogP contribution in [0.1, 0.15) is 29.0 Å². The maximum atomic E-state index is 12.6. The molecule has 0 radical (unpaired) electrons. The molecule has 0 saturated carbocycles. The summed E-state index contributed by atoms with van der Waals surface area (Å²) in [5, 5.41) is 2.80. The molecule has 1 saturated heterocycles. The Labute approximate surface area is 140 Å². The van der Waals surface area contributed by atoms with E-state index in [9.17, 15) is 9.59 Å². The maximum absolute atomic E-state index is 12.6. The number of aryl methyl sites for hydroxylation is 1. The first-order valence-electron chi connectivity index (χ1n) is 7.80. The van der Waals surface area contributed by atoms with Crippen LogP contribution in [0.15, 0.2) is 11.1 Å². The van der Waals surface area contributed by atoms with Gasteiger partial charge in [0.05, 0.1) is 0 Å². The number of rotatable bonds is 1. The maximum Gasteiger partial charge on any atom is 0.272 e. The van der Waals surface area contributed by atoms with Crippen LogP contribution in [0.25, 0.3) is 0 Å². The molecule has 0 bridgehead atoms. The summed E-state index contributed by atoms with van der Waals surface area (Å²) in [4.78, 5) is 40.9. The predicted octanol–water partition coefficient (Wildman–Crippen LogP) is -0.611. The van der Waals surface area contributed by atoms with Crippen LogP contribution in [0.3, 0.4) is 0 Å². The summed E-state index contributed by atoms with van der Waals surface area (Å²) < 4.78 is 0. The number of hydrogen-bond donors (Lipinski definition) is 2. The Balaban J connectivity index is 1.73. The van der Waals surface area contributed by atoms with Gasteiger partial charge in [-0.25, -0.2) is 15.0 Å². The summed E-state index contributed by atoms with van der Waals surface area (Å²) in [6, 6.07) is 1.62. The van der Waals surface area contributed by atoms with Crippen molar-refractivity contribution in [1.82, 2.24) is 25.1 Å². The van der Waals surface area contributed by atoms with Crippen molar-refractivity contribution < 1.29 is 9.59 Å². The summed E-state index contributed by atoms with van der Waals surface area (Å²) in [6.45, 7) is 2.65. The molecule has 2 amide bonds. The van der Waals surface area contributed by atoms with Gasteiger partial charge in [0.25, 0.3) is 11.8 Å². The van der Waals surface area contributed by atoms with Crippen molar-refractivity contribution in [1.29, 1.82) is 0 Å². The molecule has 3 N–H and O–H groups in total. The minimum Gasteiger partial charge on any atom is -0.368 e. The van der Waals surface area contributed by atoms with E-state index in [-0.39, 0.29) is 23.5 Å². The standard InChI is InChI=1S/C15H21N7O2/c1-9-8-10(18-13(16)17-9)11(23)22-6-4-15(5-7-22)12(24)19-14(20-15)21(2)3/h8H,4-7H2,1-3H3,(H2,16,17,18)(H,19,20,24). The summed E-state index contributed by atoms with van der Waals surface area (Å²) in [5.41, 5.74) is 5.78. The van der Waals surface area contributed by atoms with Crippen LogP contribution in [0, 0.1) is 6.92 Å². The van der Waals surface area contributed by atoms with E-state index in [0.29, 0.717) is 37.6 Å². The van der Waals surface area contributed by atoms with Crippen LogP contribution in [-0.2, 0) is 4.79 Å². The molecule has 1 spiro atoms. The normalized spacial score (nSPS) is 19.2. The number of hydrogen-bond acceptors (Lipinski definition) is 7. The molecule has 1 fully saturated rings. The number of likely N-dealkylation sites (tertiary alicyclic amines) is 1. The first kappa shape index (κ1) is 16.2. The van der Waals surface area contributed by atoms with Gasteiger partial charge in [-0.3, -0.25) is 14.9 Å². The second-order valence-corrected chi connectivity index (χ2v) is 6.36. The Morgan fingerprint density at radius 3 is 2.54 bits per heavy atom. The summed E-state index contributed by atoms with van der Waals surface area (Å²) >= 11 is 0. The first-order valence-corrected chi connectivity index (χ1v) is 7.80. The van der Waals surface area contributed by atoms with Gasteiger partial charge in [-0.2, -0.15) is 0 Å². The number of carbonyl (C=O) groups excluding carboxylic acids is 2. The molecule has 128 valence electrons. The van der Waals surface area contributed by atoms with Crippen LogP contribution >= 0.6 is 0 Å². The van der Waals surface area contributed by atoms with Crippen LogP contribution in [0.2, 0.25) is 0 Å². The molecule has 0 atom stereocenters. The summed E-state index contributed by atoms with van der Waals surface area (Å²) in [7, 11) is 3.66. The van der Waals surface area contributed by atoms with Gasteiger partial charge in [0.15, 0.2) is 0 Å². The van der Waals surface area contributed by atoms with Gasteiger partial charge in [-0.05, 0) is 25.8 Å². The van der Waals surface area contributed by atoms with E-state index in [1.807, 2.05) is 14.1 Å². The second kappa shape index (κ2) is 5.73. The Bertz CT molecular complexity index is 700. The third kappa shape index (κ3) is 2.77. The van der Waals surface area contributed by atoms with Crippen molar-refractivity contribution in [3.63, 3.8) is 0 Å². The minimum absolute atomic E-state index is 0.0854. The number of aliphatic imine (C=N–C) groups is 1. The van der Waals surface area contributed by atoms with E-state index in [1.165, 1.54) is 0 Å². The van der Waals surface area contributed by atoms with Gasteiger partial charge in [0.2, 0.25) is 11.9 Å². The van der Waals surface area contributed by atoms with Gasteiger partial charge in [-0.15, -0.1) is 0 Å². The number of guanidine groups is 1. The number of piperidine rings is 1. The fourth-order valence-electron chi connectivity index (χ4n) is 2.99. The lowest BCUT2D eigenvalue weighted by Gasteiger charge is -2.35. The lowest BCUT2D eigenvalue weighted by Crippen LogP contribution is -2.50. The van der Waals surface area contributed by atoms with Crippen LogP contribution in [-0.4, -0.2) is 70.3 Å². The van der Waals surface area contributed by atoms with Gasteiger partial charge >= 0.3 is 0 Å². The molecule has 2 aliphatic heterocycles. The number of nitrogens with one attached hydrogen (secondary N) is 1. The fraction of sp³-hybridized carbons (Fsp3) is 0.533. The van der Waals surface area contributed by atoms with Crippen molar-refractivity contribution in [3.8, 4) is 0 Å². The molecule has 1 aromatic rings. The number of carbonyl (C=O) groups is 2. The molecule has 9 nitrogen and oxygen atoms in total. The minimum atomic E-state index is -0.767. The number of nitrogens with zero attached hydrogens (tertiary/aromatic N) is 5.